The van der Waals surface area contributed by atoms with Gasteiger partial charge in [0.1, 0.15) is 16.4 Å². The van der Waals surface area contributed by atoms with Crippen molar-refractivity contribution in [1.82, 2.24) is 15.1 Å². The number of hydrogen-bond acceptors (Lipinski definition) is 7. The summed E-state index contributed by atoms with van der Waals surface area (Å²) in [6.45, 7) is 3.24. The van der Waals surface area contributed by atoms with Crippen LogP contribution in [0.2, 0.25) is 0 Å². The van der Waals surface area contributed by atoms with E-state index in [1.165, 1.54) is 18.7 Å². The van der Waals surface area contributed by atoms with Gasteiger partial charge in [0.2, 0.25) is 11.0 Å². The molecule has 3 N–H and O–H groups in total. The van der Waals surface area contributed by atoms with Gasteiger partial charge < -0.3 is 15.8 Å². The molecule has 7 nitrogen and oxygen atoms in total. The number of rotatable bonds is 3. The number of hydrogen-bond donors (Lipinski definition) is 2. The lowest BCUT2D eigenvalue weighted by atomic mass is 10.3. The second-order valence-electron chi connectivity index (χ2n) is 3.39. The van der Waals surface area contributed by atoms with Crippen molar-refractivity contribution in [1.29, 1.82) is 0 Å². The van der Waals surface area contributed by atoms with Crippen LogP contribution in [0.3, 0.4) is 0 Å². The van der Waals surface area contributed by atoms with E-state index < -0.39 is 5.97 Å². The number of ether oxygens (including phenoxy) is 1. The van der Waals surface area contributed by atoms with E-state index in [1.54, 1.807) is 13.2 Å². The zero-order valence-corrected chi connectivity index (χ0v) is 12.4. The Labute approximate surface area is 119 Å². The number of nitrogen functional groups attached to an aromatic ring is 1. The van der Waals surface area contributed by atoms with E-state index in [-0.39, 0.29) is 29.0 Å². The predicted molar refractivity (Wildman–Crippen MR) is 76.2 cm³/mol. The molecule has 0 aliphatic rings. The Bertz CT molecular complexity index is 527. The Kier molecular flexibility index (Phi) is 5.31. The zero-order chi connectivity index (χ0) is 14.6. The fourth-order valence-electron chi connectivity index (χ4n) is 1.31. The number of carbonyl (C=O) groups is 2. The molecule has 0 atom stereocenters. The van der Waals surface area contributed by atoms with E-state index in [1.807, 2.05) is 0 Å². The van der Waals surface area contributed by atoms with Crippen molar-refractivity contribution >= 4 is 46.8 Å². The molecule has 0 saturated heterocycles. The second kappa shape index (κ2) is 6.53. The number of thiocarbonyl (C=S) groups is 1. The lowest BCUT2D eigenvalue weighted by Crippen LogP contribution is -2.33. The first-order chi connectivity index (χ1) is 8.92. The molecule has 1 rings (SSSR count). The molecule has 1 aromatic heterocycles. The van der Waals surface area contributed by atoms with E-state index in [0.29, 0.717) is 5.03 Å². The number of nitrogens with one attached hydrogen (secondary N) is 1. The molecule has 9 heteroatoms. The summed E-state index contributed by atoms with van der Waals surface area (Å²) in [5.74, 6) is -0.869. The summed E-state index contributed by atoms with van der Waals surface area (Å²) in [7, 11) is 0. The van der Waals surface area contributed by atoms with Crippen molar-refractivity contribution < 1.29 is 14.3 Å². The first-order valence-corrected chi connectivity index (χ1v) is 6.97. The third kappa shape index (κ3) is 3.44. The monoisotopic (exact) mass is 302 g/mol. The summed E-state index contributed by atoms with van der Waals surface area (Å²) in [6, 6.07) is 0. The molecule has 1 heterocycles. The minimum atomic E-state index is -0.568. The molecule has 0 spiro atoms. The van der Waals surface area contributed by atoms with E-state index >= 15 is 0 Å². The highest BCUT2D eigenvalue weighted by Gasteiger charge is 2.24. The third-order valence-electron chi connectivity index (χ3n) is 2.04. The fourth-order valence-corrected chi connectivity index (χ4v) is 2.14. The average molecular weight is 302 g/mol. The molecule has 0 saturated carbocycles. The van der Waals surface area contributed by atoms with Crippen molar-refractivity contribution in [2.45, 2.75) is 18.9 Å². The largest absolute Gasteiger partial charge is 0.462 e. The molecule has 0 fully saturated rings. The van der Waals surface area contributed by atoms with Crippen LogP contribution >= 0.6 is 24.0 Å². The topological polar surface area (TPSA) is 99.2 Å². The van der Waals surface area contributed by atoms with Crippen molar-refractivity contribution in [3.63, 3.8) is 0 Å². The van der Waals surface area contributed by atoms with Gasteiger partial charge in [-0.3, -0.25) is 4.79 Å². The van der Waals surface area contributed by atoms with Crippen LogP contribution in [0.4, 0.5) is 5.82 Å². The van der Waals surface area contributed by atoms with Gasteiger partial charge in [0.05, 0.1) is 6.61 Å². The maximum atomic E-state index is 11.8. The molecule has 0 bridgehead atoms. The Morgan fingerprint density at radius 1 is 1.58 bits per heavy atom. The Morgan fingerprint density at radius 2 is 2.21 bits per heavy atom. The van der Waals surface area contributed by atoms with E-state index in [0.717, 1.165) is 4.68 Å². The molecule has 1 aromatic rings. The SMILES string of the molecule is CCOC(=O)c1c(SC)nn(C(=S)NC(C)=O)c1N. The maximum absolute atomic E-state index is 11.8. The van der Waals surface area contributed by atoms with Gasteiger partial charge in [0.15, 0.2) is 0 Å². The number of aromatic nitrogens is 2. The molecule has 0 aliphatic carbocycles. The quantitative estimate of drug-likeness (QED) is 0.480. The number of nitrogens with zero attached hydrogens (tertiary/aromatic N) is 2. The molecular formula is C10H14N4O3S2. The average Bonchev–Trinajstić information content (AvgIpc) is 2.65. The van der Waals surface area contributed by atoms with Crippen LogP contribution in [-0.4, -0.2) is 39.6 Å². The molecule has 1 amide bonds. The van der Waals surface area contributed by atoms with E-state index in [9.17, 15) is 9.59 Å². The highest BCUT2D eigenvalue weighted by atomic mass is 32.2. The lowest BCUT2D eigenvalue weighted by Gasteiger charge is -2.06. The van der Waals surface area contributed by atoms with Gasteiger partial charge in [-0.2, -0.15) is 9.78 Å². The molecule has 0 aromatic carbocycles. The van der Waals surface area contributed by atoms with Gasteiger partial charge in [0, 0.05) is 6.92 Å². The van der Waals surface area contributed by atoms with Crippen molar-refractivity contribution in [3.05, 3.63) is 5.56 Å². The first-order valence-electron chi connectivity index (χ1n) is 5.33. The van der Waals surface area contributed by atoms with Crippen molar-refractivity contribution in [2.24, 2.45) is 0 Å². The summed E-state index contributed by atoms with van der Waals surface area (Å²) in [5, 5.41) is 6.87. The maximum Gasteiger partial charge on any atom is 0.344 e. The smallest absolute Gasteiger partial charge is 0.344 e. The molecular weight excluding hydrogens is 288 g/mol. The molecule has 0 aliphatic heterocycles. The van der Waals surface area contributed by atoms with Crippen LogP contribution in [-0.2, 0) is 9.53 Å². The molecule has 19 heavy (non-hydrogen) atoms. The van der Waals surface area contributed by atoms with Crippen molar-refractivity contribution in [3.8, 4) is 0 Å². The minimum Gasteiger partial charge on any atom is -0.462 e. The van der Waals surface area contributed by atoms with Crippen LogP contribution in [0.1, 0.15) is 24.2 Å². The summed E-state index contributed by atoms with van der Waals surface area (Å²) in [4.78, 5) is 22.8. The molecule has 0 radical (unpaired) electrons. The normalized spacial score (nSPS) is 10.1. The standard InChI is InChI=1S/C10H14N4O3S2/c1-4-17-9(16)6-7(11)14(13-8(6)19-3)10(18)12-5(2)15/h4,11H2,1-3H3,(H,12,15,18). The number of anilines is 1. The van der Waals surface area contributed by atoms with Gasteiger partial charge in [0.25, 0.3) is 0 Å². The summed E-state index contributed by atoms with van der Waals surface area (Å²) >= 11 is 6.22. The van der Waals surface area contributed by atoms with Gasteiger partial charge in [-0.25, -0.2) is 4.79 Å². The summed E-state index contributed by atoms with van der Waals surface area (Å²) in [6.07, 6.45) is 1.75. The minimum absolute atomic E-state index is 0.0100. The number of thioether (sulfide) groups is 1. The summed E-state index contributed by atoms with van der Waals surface area (Å²) in [5.41, 5.74) is 5.99. The van der Waals surface area contributed by atoms with E-state index in [2.05, 4.69) is 10.4 Å². The Hall–Kier alpha value is -1.61. The molecule has 104 valence electrons. The second-order valence-corrected chi connectivity index (χ2v) is 4.57. The number of esters is 1. The number of nitrogens with two attached hydrogens (primary N) is 1. The Balaban J connectivity index is 3.19. The van der Waals surface area contributed by atoms with Crippen LogP contribution in [0.15, 0.2) is 5.03 Å². The highest BCUT2D eigenvalue weighted by molar-refractivity contribution is 7.98. The van der Waals surface area contributed by atoms with Crippen molar-refractivity contribution in [2.75, 3.05) is 18.6 Å². The highest BCUT2D eigenvalue weighted by Crippen LogP contribution is 2.25. The third-order valence-corrected chi connectivity index (χ3v) is 2.98. The van der Waals surface area contributed by atoms with Crippen LogP contribution in [0.25, 0.3) is 0 Å². The van der Waals surface area contributed by atoms with Crippen LogP contribution in [0, 0.1) is 0 Å². The van der Waals surface area contributed by atoms with Gasteiger partial charge in [-0.05, 0) is 25.4 Å². The van der Waals surface area contributed by atoms with E-state index in [4.69, 9.17) is 22.7 Å². The zero-order valence-electron chi connectivity index (χ0n) is 10.7. The number of carbonyl (C=O) groups excluding carboxylic acids is 2. The van der Waals surface area contributed by atoms with Gasteiger partial charge >= 0.3 is 5.97 Å². The van der Waals surface area contributed by atoms with Gasteiger partial charge in [-0.1, -0.05) is 0 Å². The molecule has 0 unspecified atom stereocenters. The number of amides is 1. The van der Waals surface area contributed by atoms with Crippen LogP contribution in [0.5, 0.6) is 0 Å². The fraction of sp³-hybridized carbons (Fsp3) is 0.400. The van der Waals surface area contributed by atoms with Crippen LogP contribution < -0.4 is 11.1 Å². The predicted octanol–water partition coefficient (Wildman–Crippen LogP) is 0.633. The summed E-state index contributed by atoms with van der Waals surface area (Å²) < 4.78 is 6.04. The lowest BCUT2D eigenvalue weighted by molar-refractivity contribution is -0.117. The first kappa shape index (κ1) is 15.4. The van der Waals surface area contributed by atoms with Gasteiger partial charge in [-0.15, -0.1) is 11.8 Å². The Morgan fingerprint density at radius 3 is 2.68 bits per heavy atom.